The number of hydrogen-bond donors (Lipinski definition) is 0. The molecule has 0 bridgehead atoms. The Morgan fingerprint density at radius 3 is 2.45 bits per heavy atom. The van der Waals surface area contributed by atoms with Crippen molar-refractivity contribution in [2.24, 2.45) is 0 Å². The van der Waals surface area contributed by atoms with Gasteiger partial charge < -0.3 is 9.47 Å². The first kappa shape index (κ1) is 9.94. The molecule has 0 heterocycles. The van der Waals surface area contributed by atoms with Crippen LogP contribution in [-0.4, -0.2) is 18.2 Å². The van der Waals surface area contributed by atoms with Crippen LogP contribution < -0.4 is 0 Å². The summed E-state index contributed by atoms with van der Waals surface area (Å²) < 4.78 is 8.67. The van der Waals surface area contributed by atoms with E-state index in [1.807, 2.05) is 6.92 Å². The van der Waals surface area contributed by atoms with Crippen LogP contribution >= 0.6 is 0 Å². The predicted molar refractivity (Wildman–Crippen MR) is 38.0 cm³/mol. The highest BCUT2D eigenvalue weighted by atomic mass is 16.7. The van der Waals surface area contributed by atoms with Gasteiger partial charge in [-0.2, -0.15) is 0 Å². The summed E-state index contributed by atoms with van der Waals surface area (Å²) in [6.07, 6.45) is -0.284. The topological polar surface area (TPSA) is 52.6 Å². The van der Waals surface area contributed by atoms with Crippen molar-refractivity contribution in [2.45, 2.75) is 32.8 Å². The zero-order valence-corrected chi connectivity index (χ0v) is 6.92. The highest BCUT2D eigenvalue weighted by molar-refractivity contribution is 5.69. The molecule has 0 amide bonds. The third kappa shape index (κ3) is 4.36. The standard InChI is InChI=1S/C7H12O4/c1-4-7(2,3)11-6(9)10-5-8/h5H,4H2,1-3H3. The highest BCUT2D eigenvalue weighted by Gasteiger charge is 2.20. The van der Waals surface area contributed by atoms with E-state index >= 15 is 0 Å². The smallest absolute Gasteiger partial charge is 0.428 e. The summed E-state index contributed by atoms with van der Waals surface area (Å²) >= 11 is 0. The molecule has 11 heavy (non-hydrogen) atoms. The fourth-order valence-electron chi connectivity index (χ4n) is 0.361. The minimum Gasteiger partial charge on any atom is -0.428 e. The number of carbonyl (C=O) groups excluding carboxylic acids is 2. The summed E-state index contributed by atoms with van der Waals surface area (Å²) in [6.45, 7) is 5.39. The average molecular weight is 160 g/mol. The lowest BCUT2D eigenvalue weighted by molar-refractivity contribution is -0.127. The first-order valence-electron chi connectivity index (χ1n) is 3.35. The molecule has 0 aliphatic carbocycles. The molecule has 0 unspecified atom stereocenters. The number of carbonyl (C=O) groups is 2. The Bertz CT molecular complexity index is 151. The van der Waals surface area contributed by atoms with Crippen LogP contribution in [0.15, 0.2) is 0 Å². The van der Waals surface area contributed by atoms with Gasteiger partial charge in [0.25, 0.3) is 0 Å². The van der Waals surface area contributed by atoms with E-state index in [4.69, 9.17) is 4.74 Å². The van der Waals surface area contributed by atoms with E-state index in [0.717, 1.165) is 0 Å². The van der Waals surface area contributed by atoms with Crippen LogP contribution in [0.3, 0.4) is 0 Å². The summed E-state index contributed by atoms with van der Waals surface area (Å²) in [5.74, 6) is 0. The van der Waals surface area contributed by atoms with Crippen molar-refractivity contribution >= 4 is 12.6 Å². The van der Waals surface area contributed by atoms with E-state index in [9.17, 15) is 9.59 Å². The van der Waals surface area contributed by atoms with Crippen LogP contribution in [0.2, 0.25) is 0 Å². The van der Waals surface area contributed by atoms with Crippen LogP contribution in [-0.2, 0) is 14.3 Å². The van der Waals surface area contributed by atoms with Crippen molar-refractivity contribution in [3.63, 3.8) is 0 Å². The second-order valence-corrected chi connectivity index (χ2v) is 2.68. The van der Waals surface area contributed by atoms with Crippen molar-refractivity contribution in [1.29, 1.82) is 0 Å². The zero-order valence-electron chi connectivity index (χ0n) is 6.92. The molecule has 0 radical (unpaired) electrons. The van der Waals surface area contributed by atoms with Gasteiger partial charge in [-0.3, -0.25) is 4.79 Å². The van der Waals surface area contributed by atoms with Gasteiger partial charge in [0, 0.05) is 0 Å². The van der Waals surface area contributed by atoms with Crippen LogP contribution in [0.4, 0.5) is 4.79 Å². The molecular weight excluding hydrogens is 148 g/mol. The maximum absolute atomic E-state index is 10.5. The molecule has 0 aliphatic heterocycles. The molecule has 0 aromatic carbocycles. The molecule has 0 N–H and O–H groups in total. The normalized spacial score (nSPS) is 10.5. The first-order valence-corrected chi connectivity index (χ1v) is 3.35. The Hall–Kier alpha value is -1.06. The molecule has 4 nitrogen and oxygen atoms in total. The molecule has 0 fully saturated rings. The SMILES string of the molecule is CCC(C)(C)OC(=O)OC=O. The van der Waals surface area contributed by atoms with Gasteiger partial charge in [-0.1, -0.05) is 6.92 Å². The summed E-state index contributed by atoms with van der Waals surface area (Å²) in [4.78, 5) is 20.2. The molecule has 4 heteroatoms. The first-order chi connectivity index (χ1) is 5.02. The molecule has 0 aliphatic rings. The third-order valence-corrected chi connectivity index (χ3v) is 1.36. The molecule has 0 spiro atoms. The second kappa shape index (κ2) is 3.95. The van der Waals surface area contributed by atoms with Crippen molar-refractivity contribution in [3.05, 3.63) is 0 Å². The Morgan fingerprint density at radius 1 is 1.55 bits per heavy atom. The predicted octanol–water partition coefficient (Wildman–Crippen LogP) is 1.48. The van der Waals surface area contributed by atoms with E-state index in [1.54, 1.807) is 13.8 Å². The van der Waals surface area contributed by atoms with Crippen LogP contribution in [0.25, 0.3) is 0 Å². The summed E-state index contributed by atoms with van der Waals surface area (Å²) in [6, 6.07) is 0. The lowest BCUT2D eigenvalue weighted by Crippen LogP contribution is -2.27. The summed E-state index contributed by atoms with van der Waals surface area (Å²) in [7, 11) is 0. The fourth-order valence-corrected chi connectivity index (χ4v) is 0.361. The molecule has 0 rings (SSSR count). The quantitative estimate of drug-likeness (QED) is 0.356. The zero-order chi connectivity index (χ0) is 8.91. The van der Waals surface area contributed by atoms with E-state index in [1.165, 1.54) is 0 Å². The Kier molecular flexibility index (Phi) is 3.57. The van der Waals surface area contributed by atoms with Crippen LogP contribution in [0, 0.1) is 0 Å². The molecule has 64 valence electrons. The number of rotatable bonds is 3. The van der Waals surface area contributed by atoms with Gasteiger partial charge in [0.2, 0.25) is 0 Å². The van der Waals surface area contributed by atoms with Crippen molar-refractivity contribution < 1.29 is 19.1 Å². The molecule has 0 saturated heterocycles. The lowest BCUT2D eigenvalue weighted by Gasteiger charge is -2.21. The van der Waals surface area contributed by atoms with E-state index in [-0.39, 0.29) is 6.47 Å². The van der Waals surface area contributed by atoms with Gasteiger partial charge in [0.1, 0.15) is 5.60 Å². The maximum atomic E-state index is 10.5. The monoisotopic (exact) mass is 160 g/mol. The van der Waals surface area contributed by atoms with Gasteiger partial charge in [0.15, 0.2) is 0 Å². The van der Waals surface area contributed by atoms with Gasteiger partial charge >= 0.3 is 12.6 Å². The molecule has 0 saturated carbocycles. The Labute approximate surface area is 65.5 Å². The third-order valence-electron chi connectivity index (χ3n) is 1.36. The number of ether oxygens (including phenoxy) is 2. The molecule has 0 atom stereocenters. The Morgan fingerprint density at radius 2 is 2.09 bits per heavy atom. The van der Waals surface area contributed by atoms with E-state index in [0.29, 0.717) is 6.42 Å². The summed E-state index contributed by atoms with van der Waals surface area (Å²) in [5, 5.41) is 0. The van der Waals surface area contributed by atoms with Gasteiger partial charge in [0.05, 0.1) is 0 Å². The second-order valence-electron chi connectivity index (χ2n) is 2.68. The minimum absolute atomic E-state index is 0.0497. The highest BCUT2D eigenvalue weighted by Crippen LogP contribution is 2.13. The Balaban J connectivity index is 3.82. The van der Waals surface area contributed by atoms with Gasteiger partial charge in [-0.15, -0.1) is 0 Å². The molecule has 0 aromatic rings. The van der Waals surface area contributed by atoms with Crippen LogP contribution in [0.5, 0.6) is 0 Å². The van der Waals surface area contributed by atoms with Crippen LogP contribution in [0.1, 0.15) is 27.2 Å². The van der Waals surface area contributed by atoms with E-state index in [2.05, 4.69) is 4.74 Å². The van der Waals surface area contributed by atoms with Gasteiger partial charge in [-0.05, 0) is 20.3 Å². The molecule has 0 aromatic heterocycles. The average Bonchev–Trinajstić information content (AvgIpc) is 1.87. The largest absolute Gasteiger partial charge is 0.516 e. The minimum atomic E-state index is -0.952. The maximum Gasteiger partial charge on any atom is 0.516 e. The van der Waals surface area contributed by atoms with Crippen molar-refractivity contribution in [3.8, 4) is 0 Å². The summed E-state index contributed by atoms with van der Waals surface area (Å²) in [5.41, 5.74) is -0.569. The lowest BCUT2D eigenvalue weighted by atomic mass is 10.1. The van der Waals surface area contributed by atoms with E-state index < -0.39 is 11.8 Å². The van der Waals surface area contributed by atoms with Crippen molar-refractivity contribution in [1.82, 2.24) is 0 Å². The fraction of sp³-hybridized carbons (Fsp3) is 0.714. The molecular formula is C7H12O4. The van der Waals surface area contributed by atoms with Crippen molar-refractivity contribution in [2.75, 3.05) is 0 Å². The van der Waals surface area contributed by atoms with Gasteiger partial charge in [-0.25, -0.2) is 4.79 Å². The number of hydrogen-bond acceptors (Lipinski definition) is 4.